The molecule has 1 fully saturated rings. The van der Waals surface area contributed by atoms with E-state index in [4.69, 9.17) is 29.4 Å². The number of aromatic nitrogens is 3. The van der Waals surface area contributed by atoms with Gasteiger partial charge in [-0.15, -0.1) is 5.10 Å². The second-order valence-electron chi connectivity index (χ2n) is 16.8. The molecule has 1 aliphatic carbocycles. The monoisotopic (exact) mass is 792 g/mol. The van der Waals surface area contributed by atoms with Crippen molar-refractivity contribution < 1.29 is 38.1 Å². The predicted octanol–water partition coefficient (Wildman–Crippen LogP) is 5.22. The molecule has 4 N–H and O–H groups in total. The van der Waals surface area contributed by atoms with E-state index in [0.717, 1.165) is 68.5 Å². The Morgan fingerprint density at radius 2 is 1.73 bits per heavy atom. The average Bonchev–Trinajstić information content (AvgIpc) is 3.51. The van der Waals surface area contributed by atoms with Gasteiger partial charge in [0.15, 0.2) is 0 Å². The van der Waals surface area contributed by atoms with E-state index in [1.54, 1.807) is 4.90 Å². The Morgan fingerprint density at radius 3 is 2.46 bits per heavy atom. The van der Waals surface area contributed by atoms with Crippen molar-refractivity contribution >= 4 is 17.9 Å². The van der Waals surface area contributed by atoms with Crippen LogP contribution in [0.25, 0.3) is 0 Å². The zero-order valence-corrected chi connectivity index (χ0v) is 35.3. The molecular formula is C41H73N7O8. The summed E-state index contributed by atoms with van der Waals surface area (Å²) < 4.78 is 31.1. The molecule has 2 aliphatic rings. The zero-order chi connectivity index (χ0) is 40.9. The van der Waals surface area contributed by atoms with E-state index >= 15 is 0 Å². The number of hydrogen-bond donors (Lipinski definition) is 3. The molecule has 0 radical (unpaired) electrons. The van der Waals surface area contributed by atoms with Crippen molar-refractivity contribution in [2.24, 2.45) is 17.1 Å². The molecule has 3 amide bonds. The number of aryl methyl sites for hydroxylation is 1. The second-order valence-corrected chi connectivity index (χ2v) is 16.8. The summed E-state index contributed by atoms with van der Waals surface area (Å²) in [4.78, 5) is 39.2. The van der Waals surface area contributed by atoms with Gasteiger partial charge in [-0.2, -0.15) is 0 Å². The molecule has 0 spiro atoms. The van der Waals surface area contributed by atoms with E-state index in [1.165, 1.54) is 0 Å². The minimum atomic E-state index is -0.745. The number of unbranched alkanes of at least 4 members (excludes halogenated alkanes) is 2. The van der Waals surface area contributed by atoms with Crippen molar-refractivity contribution in [1.82, 2.24) is 30.5 Å². The molecule has 4 atom stereocenters. The predicted molar refractivity (Wildman–Crippen MR) is 215 cm³/mol. The van der Waals surface area contributed by atoms with E-state index in [9.17, 15) is 14.4 Å². The average molecular weight is 792 g/mol. The van der Waals surface area contributed by atoms with E-state index in [2.05, 4.69) is 62.1 Å². The minimum Gasteiger partial charge on any atom is -0.449 e. The summed E-state index contributed by atoms with van der Waals surface area (Å²) >= 11 is 0. The van der Waals surface area contributed by atoms with E-state index in [-0.39, 0.29) is 48.8 Å². The fourth-order valence-electron chi connectivity index (χ4n) is 6.94. The normalized spacial score (nSPS) is 19.5. The van der Waals surface area contributed by atoms with Crippen molar-refractivity contribution in [2.45, 2.75) is 149 Å². The van der Waals surface area contributed by atoms with Crippen LogP contribution in [-0.2, 0) is 46.2 Å². The summed E-state index contributed by atoms with van der Waals surface area (Å²) in [5, 5.41) is 15.0. The molecule has 15 nitrogen and oxygen atoms in total. The Labute approximate surface area is 335 Å². The van der Waals surface area contributed by atoms with Gasteiger partial charge >= 0.3 is 6.09 Å². The third-order valence-electron chi connectivity index (χ3n) is 9.99. The van der Waals surface area contributed by atoms with Crippen LogP contribution >= 0.6 is 0 Å². The number of carbonyl (C=O) groups is 3. The van der Waals surface area contributed by atoms with Gasteiger partial charge in [0.25, 0.3) is 0 Å². The molecule has 1 saturated heterocycles. The molecule has 320 valence electrons. The summed E-state index contributed by atoms with van der Waals surface area (Å²) in [5.41, 5.74) is 8.74. The van der Waals surface area contributed by atoms with Gasteiger partial charge < -0.3 is 45.0 Å². The number of carbonyl (C=O) groups excluding carboxylic acids is 3. The molecule has 0 saturated carbocycles. The van der Waals surface area contributed by atoms with Crippen LogP contribution in [-0.4, -0.2) is 115 Å². The summed E-state index contributed by atoms with van der Waals surface area (Å²) in [7, 11) is 0. The van der Waals surface area contributed by atoms with Crippen molar-refractivity contribution in [1.29, 1.82) is 0 Å². The number of rotatable bonds is 25. The van der Waals surface area contributed by atoms with Crippen molar-refractivity contribution in [3.8, 4) is 0 Å². The van der Waals surface area contributed by atoms with Gasteiger partial charge in [-0.3, -0.25) is 9.59 Å². The second kappa shape index (κ2) is 25.2. The molecule has 2 heterocycles. The number of morpholine rings is 1. The van der Waals surface area contributed by atoms with Crippen LogP contribution in [0.15, 0.2) is 12.3 Å². The van der Waals surface area contributed by atoms with Gasteiger partial charge in [0.2, 0.25) is 11.8 Å². The number of allylic oxidation sites excluding steroid dienone is 1. The Hall–Kier alpha value is -3.27. The Kier molecular flexibility index (Phi) is 21.2. The van der Waals surface area contributed by atoms with Crippen molar-refractivity contribution in [3.05, 3.63) is 23.7 Å². The first-order valence-electron chi connectivity index (χ1n) is 21.0. The maximum atomic E-state index is 12.8. The highest BCUT2D eigenvalue weighted by molar-refractivity contribution is 5.86. The number of nitrogens with one attached hydrogen (secondary N) is 2. The molecule has 3 unspecified atom stereocenters. The molecule has 1 aromatic rings. The van der Waals surface area contributed by atoms with Gasteiger partial charge in [0.05, 0.1) is 64.0 Å². The van der Waals surface area contributed by atoms with Gasteiger partial charge in [0, 0.05) is 31.8 Å². The summed E-state index contributed by atoms with van der Waals surface area (Å²) in [6, 6.07) is -0.745. The lowest BCUT2D eigenvalue weighted by atomic mass is 9.88. The molecule has 56 heavy (non-hydrogen) atoms. The number of hydrogen-bond acceptors (Lipinski definition) is 11. The Bertz CT molecular complexity index is 1330. The van der Waals surface area contributed by atoms with Gasteiger partial charge in [-0.05, 0) is 76.0 Å². The highest BCUT2D eigenvalue weighted by atomic mass is 16.6. The molecule has 1 aromatic heterocycles. The first kappa shape index (κ1) is 47.1. The molecule has 0 bridgehead atoms. The lowest BCUT2D eigenvalue weighted by Crippen LogP contribution is -2.50. The minimum absolute atomic E-state index is 0.0134. The number of nitrogens with zero attached hydrogens (tertiary/aromatic N) is 4. The number of primary amides is 1. The van der Waals surface area contributed by atoms with Crippen LogP contribution < -0.4 is 16.4 Å². The highest BCUT2D eigenvalue weighted by Crippen LogP contribution is 2.30. The summed E-state index contributed by atoms with van der Waals surface area (Å²) in [6.07, 6.45) is 9.00. The molecule has 1 aliphatic heterocycles. The van der Waals surface area contributed by atoms with Crippen LogP contribution in [0.5, 0.6) is 0 Å². The molecular weight excluding hydrogens is 718 g/mol. The van der Waals surface area contributed by atoms with Crippen LogP contribution in [0.4, 0.5) is 4.79 Å². The maximum absolute atomic E-state index is 12.8. The fourth-order valence-corrected chi connectivity index (χ4v) is 6.94. The van der Waals surface area contributed by atoms with Crippen LogP contribution in [0.2, 0.25) is 0 Å². The highest BCUT2D eigenvalue weighted by Gasteiger charge is 2.32. The Morgan fingerprint density at radius 1 is 0.982 bits per heavy atom. The topological polar surface area (TPSA) is 181 Å². The third kappa shape index (κ3) is 18.3. The number of amides is 3. The first-order valence-corrected chi connectivity index (χ1v) is 21.0. The standard InChI is InChI=1S/C41H73N7O8/c1-30(2)32(4)43-19-24-53-26-25-52-23-18-37(49)44-34(39(42)50)15-11-12-20-48-35-16-9-8-10-17-36(38(35)45-46-48)54-21-13-14-22-55-40(51)47-28-31(3)56-33(29-47)27-41(5,6)7/h30-31,33-34,36,43H,4,8-29H2,1-3,5-7H3,(H2,42,50)(H,44,49)/t31?,33?,34-,36?/m0/s1. The van der Waals surface area contributed by atoms with Crippen LogP contribution in [0, 0.1) is 11.3 Å². The lowest BCUT2D eigenvalue weighted by molar-refractivity contribution is -0.128. The largest absolute Gasteiger partial charge is 0.449 e. The lowest BCUT2D eigenvalue weighted by Gasteiger charge is -2.38. The third-order valence-corrected chi connectivity index (χ3v) is 9.99. The number of fused-ring (bicyclic) bond motifs is 1. The molecule has 0 aromatic carbocycles. The number of nitrogens with two attached hydrogens (primary N) is 1. The number of ether oxygens (including phenoxy) is 5. The maximum Gasteiger partial charge on any atom is 0.409 e. The summed E-state index contributed by atoms with van der Waals surface area (Å²) in [6.45, 7) is 21.6. The van der Waals surface area contributed by atoms with E-state index in [0.29, 0.717) is 84.4 Å². The van der Waals surface area contributed by atoms with E-state index in [1.807, 2.05) is 11.6 Å². The van der Waals surface area contributed by atoms with E-state index < -0.39 is 11.9 Å². The van der Waals surface area contributed by atoms with Gasteiger partial charge in [-0.1, -0.05) is 59.3 Å². The SMILES string of the molecule is C=C(NCCOCCOCCC(=O)N[C@@H](CCCCn1nnc2c1CCCCCC2OCCCCOC(=O)N1CC(C)OC(CC(C)(C)C)C1)C(N)=O)C(C)C. The Balaban J connectivity index is 1.32. The van der Waals surface area contributed by atoms with Crippen LogP contribution in [0.1, 0.15) is 130 Å². The van der Waals surface area contributed by atoms with Crippen molar-refractivity contribution in [3.63, 3.8) is 0 Å². The summed E-state index contributed by atoms with van der Waals surface area (Å²) in [5.74, 6) is -0.452. The zero-order valence-electron chi connectivity index (χ0n) is 35.3. The van der Waals surface area contributed by atoms with Crippen molar-refractivity contribution in [2.75, 3.05) is 59.3 Å². The quantitative estimate of drug-likeness (QED) is 0.111. The molecule has 3 rings (SSSR count). The van der Waals surface area contributed by atoms with Gasteiger partial charge in [-0.25, -0.2) is 9.48 Å². The van der Waals surface area contributed by atoms with Crippen LogP contribution in [0.3, 0.4) is 0 Å². The first-order chi connectivity index (χ1) is 26.7. The molecule has 15 heteroatoms. The fraction of sp³-hybridized carbons (Fsp3) is 0.829. The smallest absolute Gasteiger partial charge is 0.409 e. The van der Waals surface area contributed by atoms with Gasteiger partial charge in [0.1, 0.15) is 17.8 Å².